The normalized spacial score (nSPS) is 10.8. The summed E-state index contributed by atoms with van der Waals surface area (Å²) in [6.07, 6.45) is -0.448. The molecule has 0 aromatic heterocycles. The molecule has 0 atom stereocenters. The first-order chi connectivity index (χ1) is 14.4. The lowest BCUT2D eigenvalue weighted by Gasteiger charge is -2.30. The summed E-state index contributed by atoms with van der Waals surface area (Å²) in [5, 5.41) is 0. The Bertz CT molecular complexity index is 724. The smallest absolute Gasteiger partial charge is 0.324 e. The number of ether oxygens (including phenoxy) is 4. The highest BCUT2D eigenvalue weighted by Crippen LogP contribution is 2.33. The second kappa shape index (κ2) is 13.5. The van der Waals surface area contributed by atoms with Gasteiger partial charge in [-0.2, -0.15) is 0 Å². The van der Waals surface area contributed by atoms with Crippen LogP contribution in [0.1, 0.15) is 38.7 Å². The van der Waals surface area contributed by atoms with Crippen LogP contribution < -0.4 is 0 Å². The summed E-state index contributed by atoms with van der Waals surface area (Å²) in [7, 11) is 2.79. The Morgan fingerprint density at radius 1 is 0.967 bits per heavy atom. The summed E-state index contributed by atoms with van der Waals surface area (Å²) in [4.78, 5) is 37.7. The van der Waals surface area contributed by atoms with Crippen LogP contribution in [0.25, 0.3) is 0 Å². The van der Waals surface area contributed by atoms with Crippen molar-refractivity contribution in [2.45, 2.75) is 45.8 Å². The quantitative estimate of drug-likeness (QED) is 0.170. The maximum atomic E-state index is 12.7. The number of benzene rings is 1. The Kier molecular flexibility index (Phi) is 11.4. The molecule has 30 heavy (non-hydrogen) atoms. The van der Waals surface area contributed by atoms with Crippen molar-refractivity contribution in [3.8, 4) is 11.8 Å². The number of hydrogen-bond donors (Lipinski definition) is 0. The molecule has 0 heterocycles. The first-order valence-electron chi connectivity index (χ1n) is 9.89. The lowest BCUT2D eigenvalue weighted by atomic mass is 9.80. The van der Waals surface area contributed by atoms with Crippen LogP contribution in [-0.4, -0.2) is 51.4 Å². The molecule has 0 saturated carbocycles. The zero-order valence-corrected chi connectivity index (χ0v) is 18.1. The van der Waals surface area contributed by atoms with E-state index in [0.717, 1.165) is 5.56 Å². The number of hydrogen-bond acceptors (Lipinski definition) is 7. The number of esters is 2. The van der Waals surface area contributed by atoms with Gasteiger partial charge in [-0.3, -0.25) is 14.4 Å². The Hall–Kier alpha value is -2.69. The summed E-state index contributed by atoms with van der Waals surface area (Å²) in [5.41, 5.74) is -0.724. The van der Waals surface area contributed by atoms with E-state index in [1.165, 1.54) is 14.2 Å². The van der Waals surface area contributed by atoms with Gasteiger partial charge in [0.1, 0.15) is 0 Å². The number of ketones is 1. The zero-order chi connectivity index (χ0) is 22.4. The van der Waals surface area contributed by atoms with Gasteiger partial charge >= 0.3 is 11.9 Å². The zero-order valence-electron chi connectivity index (χ0n) is 18.1. The average molecular weight is 418 g/mol. The summed E-state index contributed by atoms with van der Waals surface area (Å²) in [6.45, 7) is 3.43. The van der Waals surface area contributed by atoms with Crippen molar-refractivity contribution in [1.82, 2.24) is 0 Å². The Balaban J connectivity index is 3.02. The van der Waals surface area contributed by atoms with Gasteiger partial charge in [-0.25, -0.2) is 0 Å². The van der Waals surface area contributed by atoms with Crippen LogP contribution in [0.15, 0.2) is 30.3 Å². The van der Waals surface area contributed by atoms with E-state index in [4.69, 9.17) is 18.9 Å². The maximum Gasteiger partial charge on any atom is 0.324 e. The second-order valence-electron chi connectivity index (χ2n) is 6.52. The monoisotopic (exact) mass is 418 g/mol. The largest absolute Gasteiger partial charge is 0.465 e. The predicted octanol–water partition coefficient (Wildman–Crippen LogP) is 2.70. The average Bonchev–Trinajstić information content (AvgIpc) is 2.75. The molecule has 7 heteroatoms. The molecule has 0 aliphatic heterocycles. The highest BCUT2D eigenvalue weighted by Gasteiger charge is 2.50. The van der Waals surface area contributed by atoms with E-state index in [1.54, 1.807) is 13.8 Å². The van der Waals surface area contributed by atoms with Crippen LogP contribution in [0.2, 0.25) is 0 Å². The minimum Gasteiger partial charge on any atom is -0.465 e. The van der Waals surface area contributed by atoms with E-state index < -0.39 is 23.6 Å². The lowest BCUT2D eigenvalue weighted by molar-refractivity contribution is -0.184. The molecule has 0 saturated heterocycles. The summed E-state index contributed by atoms with van der Waals surface area (Å²) in [6, 6.07) is 9.58. The van der Waals surface area contributed by atoms with Gasteiger partial charge in [-0.1, -0.05) is 36.3 Å². The van der Waals surface area contributed by atoms with Crippen molar-refractivity contribution in [3.63, 3.8) is 0 Å². The minimum absolute atomic E-state index is 0.0774. The highest BCUT2D eigenvalue weighted by atomic mass is 16.7. The SMILES string of the molecule is CCOC(=O)C(CC#CC(=O)CCc1ccccc1)(CC(OC)OC)C(=O)OCC. The van der Waals surface area contributed by atoms with Gasteiger partial charge in [0, 0.05) is 33.5 Å². The summed E-state index contributed by atoms with van der Waals surface area (Å²) >= 11 is 0. The van der Waals surface area contributed by atoms with Gasteiger partial charge in [0.2, 0.25) is 5.78 Å². The van der Waals surface area contributed by atoms with Crippen molar-refractivity contribution < 1.29 is 33.3 Å². The molecule has 0 aliphatic rings. The first-order valence-corrected chi connectivity index (χ1v) is 9.89. The Labute approximate surface area is 178 Å². The topological polar surface area (TPSA) is 88.1 Å². The van der Waals surface area contributed by atoms with E-state index in [2.05, 4.69) is 11.8 Å². The molecule has 0 fully saturated rings. The molecule has 7 nitrogen and oxygen atoms in total. The number of carbonyl (C=O) groups is 3. The number of aryl methyl sites for hydroxylation is 1. The molecule has 1 aromatic carbocycles. The Morgan fingerprint density at radius 2 is 1.53 bits per heavy atom. The van der Waals surface area contributed by atoms with Crippen LogP contribution >= 0.6 is 0 Å². The highest BCUT2D eigenvalue weighted by molar-refractivity contribution is 6.01. The third-order valence-corrected chi connectivity index (χ3v) is 4.47. The predicted molar refractivity (Wildman–Crippen MR) is 110 cm³/mol. The van der Waals surface area contributed by atoms with Gasteiger partial charge in [0.25, 0.3) is 0 Å². The van der Waals surface area contributed by atoms with Gasteiger partial charge in [-0.05, 0) is 31.8 Å². The first kappa shape index (κ1) is 25.3. The molecule has 0 radical (unpaired) electrons. The number of Topliss-reactive ketones (excluding diaryl/α,β-unsaturated/α-hetero) is 1. The third-order valence-electron chi connectivity index (χ3n) is 4.47. The maximum absolute atomic E-state index is 12.7. The van der Waals surface area contributed by atoms with Crippen molar-refractivity contribution in [2.24, 2.45) is 5.41 Å². The minimum atomic E-state index is -1.75. The van der Waals surface area contributed by atoms with Gasteiger partial charge < -0.3 is 18.9 Å². The summed E-state index contributed by atoms with van der Waals surface area (Å²) < 4.78 is 20.6. The number of rotatable bonds is 12. The second-order valence-corrected chi connectivity index (χ2v) is 6.52. The molecule has 0 bridgehead atoms. The molecule has 0 N–H and O–H groups in total. The third kappa shape index (κ3) is 7.62. The fourth-order valence-electron chi connectivity index (χ4n) is 2.81. The van der Waals surface area contributed by atoms with Gasteiger partial charge in [0.05, 0.1) is 13.2 Å². The van der Waals surface area contributed by atoms with Crippen molar-refractivity contribution >= 4 is 17.7 Å². The van der Waals surface area contributed by atoms with Crippen molar-refractivity contribution in [3.05, 3.63) is 35.9 Å². The molecular weight excluding hydrogens is 388 g/mol. The fourth-order valence-corrected chi connectivity index (χ4v) is 2.81. The summed E-state index contributed by atoms with van der Waals surface area (Å²) in [5.74, 6) is 3.36. The van der Waals surface area contributed by atoms with E-state index in [-0.39, 0.29) is 38.3 Å². The van der Waals surface area contributed by atoms with Crippen LogP contribution in [0.5, 0.6) is 0 Å². The van der Waals surface area contributed by atoms with E-state index in [1.807, 2.05) is 30.3 Å². The van der Waals surface area contributed by atoms with Crippen LogP contribution in [0.4, 0.5) is 0 Å². The van der Waals surface area contributed by atoms with Crippen molar-refractivity contribution in [2.75, 3.05) is 27.4 Å². The molecule has 0 amide bonds. The van der Waals surface area contributed by atoms with E-state index in [9.17, 15) is 14.4 Å². The Morgan fingerprint density at radius 3 is 2.03 bits per heavy atom. The molecule has 0 unspecified atom stereocenters. The fraction of sp³-hybridized carbons (Fsp3) is 0.522. The lowest BCUT2D eigenvalue weighted by Crippen LogP contribution is -2.45. The molecule has 1 rings (SSSR count). The standard InChI is InChI=1S/C23H30O7/c1-5-29-21(25)23(22(26)30-6-2,17-20(27-3)28-4)16-10-13-19(24)15-14-18-11-8-7-9-12-18/h7-9,11-12,20H,5-6,14-17H2,1-4H3. The van der Waals surface area contributed by atoms with Crippen LogP contribution in [0.3, 0.4) is 0 Å². The molecular formula is C23H30O7. The number of carbonyl (C=O) groups excluding carboxylic acids is 3. The van der Waals surface area contributed by atoms with Gasteiger partial charge in [-0.15, -0.1) is 0 Å². The van der Waals surface area contributed by atoms with Crippen LogP contribution in [-0.2, 0) is 39.8 Å². The molecule has 0 aliphatic carbocycles. The van der Waals surface area contributed by atoms with Crippen LogP contribution in [0, 0.1) is 17.3 Å². The molecule has 1 aromatic rings. The number of methoxy groups -OCH3 is 2. The van der Waals surface area contributed by atoms with E-state index >= 15 is 0 Å². The molecule has 164 valence electrons. The van der Waals surface area contributed by atoms with Crippen molar-refractivity contribution in [1.29, 1.82) is 0 Å². The molecule has 0 spiro atoms. The van der Waals surface area contributed by atoms with E-state index in [0.29, 0.717) is 6.42 Å². The van der Waals surface area contributed by atoms with Gasteiger partial charge in [0.15, 0.2) is 11.7 Å².